The minimum Gasteiger partial charge on any atom is -0.368 e. The molecule has 15 heavy (non-hydrogen) atoms. The van der Waals surface area contributed by atoms with Crippen LogP contribution in [0.4, 0.5) is 18.9 Å². The van der Waals surface area contributed by atoms with E-state index in [0.717, 1.165) is 12.8 Å². The molecule has 1 saturated heterocycles. The number of nitrogens with zero attached hydrogens (tertiary/aromatic N) is 1. The summed E-state index contributed by atoms with van der Waals surface area (Å²) >= 11 is 2.90. The lowest BCUT2D eigenvalue weighted by Crippen LogP contribution is -2.20. The Bertz CT molecular complexity index is 389. The first-order valence-corrected chi connectivity index (χ1v) is 5.48. The van der Waals surface area contributed by atoms with Gasteiger partial charge in [0.05, 0.1) is 10.2 Å². The Balaban J connectivity index is 2.50. The van der Waals surface area contributed by atoms with Crippen LogP contribution in [0.1, 0.15) is 12.8 Å². The first-order chi connectivity index (χ1) is 7.11. The fraction of sp³-hybridized carbons (Fsp3) is 0.400. The Labute approximate surface area is 94.0 Å². The molecule has 2 rings (SSSR count). The van der Waals surface area contributed by atoms with Gasteiger partial charge in [0.2, 0.25) is 0 Å². The van der Waals surface area contributed by atoms with Crippen LogP contribution < -0.4 is 4.90 Å². The zero-order chi connectivity index (χ0) is 11.0. The molecular weight excluding hydrogens is 271 g/mol. The molecule has 5 heteroatoms. The molecule has 1 nitrogen and oxygen atoms in total. The molecule has 0 amide bonds. The molecule has 0 N–H and O–H groups in total. The van der Waals surface area contributed by atoms with Crippen molar-refractivity contribution in [3.63, 3.8) is 0 Å². The number of hydrogen-bond acceptors (Lipinski definition) is 1. The highest BCUT2D eigenvalue weighted by molar-refractivity contribution is 9.10. The van der Waals surface area contributed by atoms with Gasteiger partial charge in [0.15, 0.2) is 17.5 Å². The van der Waals surface area contributed by atoms with E-state index in [9.17, 15) is 13.2 Å². The van der Waals surface area contributed by atoms with Crippen molar-refractivity contribution < 1.29 is 13.2 Å². The maximum atomic E-state index is 13.5. The van der Waals surface area contributed by atoms with Gasteiger partial charge in [-0.15, -0.1) is 0 Å². The van der Waals surface area contributed by atoms with E-state index in [0.29, 0.717) is 19.2 Å². The zero-order valence-corrected chi connectivity index (χ0v) is 9.45. The number of hydrogen-bond donors (Lipinski definition) is 0. The molecule has 82 valence electrons. The highest BCUT2D eigenvalue weighted by Crippen LogP contribution is 2.34. The van der Waals surface area contributed by atoms with Gasteiger partial charge in [0, 0.05) is 19.2 Å². The summed E-state index contributed by atoms with van der Waals surface area (Å²) in [7, 11) is 0. The fourth-order valence-electron chi connectivity index (χ4n) is 1.79. The fourth-order valence-corrected chi connectivity index (χ4v) is 2.42. The summed E-state index contributed by atoms with van der Waals surface area (Å²) in [6.07, 6.45) is 1.90. The molecule has 0 unspecified atom stereocenters. The molecule has 1 fully saturated rings. The molecule has 0 radical (unpaired) electrons. The van der Waals surface area contributed by atoms with Crippen LogP contribution in [-0.2, 0) is 0 Å². The first kappa shape index (κ1) is 10.8. The van der Waals surface area contributed by atoms with Crippen molar-refractivity contribution in [3.05, 3.63) is 28.0 Å². The third kappa shape index (κ3) is 1.85. The van der Waals surface area contributed by atoms with E-state index in [1.165, 1.54) is 0 Å². The van der Waals surface area contributed by atoms with E-state index < -0.39 is 17.5 Å². The van der Waals surface area contributed by atoms with Gasteiger partial charge in [-0.25, -0.2) is 13.2 Å². The lowest BCUT2D eigenvalue weighted by molar-refractivity contribution is 0.490. The third-order valence-corrected chi connectivity index (χ3v) is 3.24. The molecule has 1 aromatic rings. The maximum Gasteiger partial charge on any atom is 0.175 e. The number of rotatable bonds is 1. The Hall–Kier alpha value is -0.710. The van der Waals surface area contributed by atoms with Crippen LogP contribution >= 0.6 is 15.9 Å². The van der Waals surface area contributed by atoms with Gasteiger partial charge in [-0.2, -0.15) is 0 Å². The second kappa shape index (κ2) is 4.04. The highest BCUT2D eigenvalue weighted by Gasteiger charge is 2.23. The molecule has 1 aliphatic heterocycles. The monoisotopic (exact) mass is 279 g/mol. The maximum absolute atomic E-state index is 13.5. The van der Waals surface area contributed by atoms with Gasteiger partial charge in [-0.05, 0) is 28.8 Å². The molecular formula is C10H9BrF3N. The molecule has 0 spiro atoms. The van der Waals surface area contributed by atoms with Gasteiger partial charge in [-0.1, -0.05) is 0 Å². The van der Waals surface area contributed by atoms with Crippen LogP contribution in [0.15, 0.2) is 10.5 Å². The quantitative estimate of drug-likeness (QED) is 0.562. The van der Waals surface area contributed by atoms with Crippen molar-refractivity contribution in [1.29, 1.82) is 0 Å². The molecule has 1 aliphatic rings. The van der Waals surface area contributed by atoms with E-state index >= 15 is 0 Å². The second-order valence-electron chi connectivity index (χ2n) is 3.51. The Morgan fingerprint density at radius 2 is 1.67 bits per heavy atom. The summed E-state index contributed by atoms with van der Waals surface area (Å²) in [6.45, 7) is 1.36. The number of benzene rings is 1. The van der Waals surface area contributed by atoms with E-state index in [2.05, 4.69) is 15.9 Å². The summed E-state index contributed by atoms with van der Waals surface area (Å²) in [6, 6.07) is 0.591. The van der Waals surface area contributed by atoms with Gasteiger partial charge >= 0.3 is 0 Å². The first-order valence-electron chi connectivity index (χ1n) is 4.69. The number of anilines is 1. The van der Waals surface area contributed by atoms with Gasteiger partial charge in [-0.3, -0.25) is 0 Å². The summed E-state index contributed by atoms with van der Waals surface area (Å²) < 4.78 is 39.4. The lowest BCUT2D eigenvalue weighted by Gasteiger charge is -2.20. The van der Waals surface area contributed by atoms with E-state index in [1.807, 2.05) is 0 Å². The smallest absolute Gasteiger partial charge is 0.175 e. The molecule has 0 aliphatic carbocycles. The Morgan fingerprint density at radius 3 is 2.27 bits per heavy atom. The van der Waals surface area contributed by atoms with E-state index in [4.69, 9.17) is 0 Å². The SMILES string of the molecule is Fc1cc(F)c(N2CCCC2)c(Br)c1F. The topological polar surface area (TPSA) is 3.24 Å². The summed E-state index contributed by atoms with van der Waals surface area (Å²) in [5.41, 5.74) is 0.131. The minimum atomic E-state index is -1.16. The van der Waals surface area contributed by atoms with Crippen molar-refractivity contribution in [3.8, 4) is 0 Å². The summed E-state index contributed by atoms with van der Waals surface area (Å²) in [5, 5.41) is 0. The molecule has 0 bridgehead atoms. The van der Waals surface area contributed by atoms with Crippen molar-refractivity contribution in [1.82, 2.24) is 0 Å². The summed E-state index contributed by atoms with van der Waals surface area (Å²) in [5.74, 6) is -2.91. The normalized spacial score (nSPS) is 16.1. The average molecular weight is 280 g/mol. The predicted octanol–water partition coefficient (Wildman–Crippen LogP) is 3.47. The molecule has 0 saturated carbocycles. The Kier molecular flexibility index (Phi) is 2.91. The third-order valence-electron chi connectivity index (χ3n) is 2.51. The van der Waals surface area contributed by atoms with E-state index in [1.54, 1.807) is 4.90 Å². The van der Waals surface area contributed by atoms with Crippen LogP contribution in [0, 0.1) is 17.5 Å². The standard InChI is InChI=1S/C10H9BrF3N/c11-8-9(14)6(12)5-7(13)10(8)15-3-1-2-4-15/h5H,1-4H2. The van der Waals surface area contributed by atoms with Gasteiger partial charge in [0.1, 0.15) is 0 Å². The zero-order valence-electron chi connectivity index (χ0n) is 7.86. The molecule has 0 atom stereocenters. The van der Waals surface area contributed by atoms with Crippen molar-refractivity contribution >= 4 is 21.6 Å². The summed E-state index contributed by atoms with van der Waals surface area (Å²) in [4.78, 5) is 1.72. The highest BCUT2D eigenvalue weighted by atomic mass is 79.9. The van der Waals surface area contributed by atoms with Crippen LogP contribution in [0.3, 0.4) is 0 Å². The van der Waals surface area contributed by atoms with Crippen LogP contribution in [-0.4, -0.2) is 13.1 Å². The largest absolute Gasteiger partial charge is 0.368 e. The minimum absolute atomic E-state index is 0.123. The van der Waals surface area contributed by atoms with Crippen LogP contribution in [0.5, 0.6) is 0 Å². The number of halogens is 4. The Morgan fingerprint density at radius 1 is 1.07 bits per heavy atom. The van der Waals surface area contributed by atoms with Crippen molar-refractivity contribution in [2.75, 3.05) is 18.0 Å². The molecule has 1 heterocycles. The van der Waals surface area contributed by atoms with E-state index in [-0.39, 0.29) is 10.2 Å². The van der Waals surface area contributed by atoms with Crippen molar-refractivity contribution in [2.24, 2.45) is 0 Å². The lowest BCUT2D eigenvalue weighted by atomic mass is 10.2. The van der Waals surface area contributed by atoms with Crippen molar-refractivity contribution in [2.45, 2.75) is 12.8 Å². The van der Waals surface area contributed by atoms with Crippen LogP contribution in [0.2, 0.25) is 0 Å². The average Bonchev–Trinajstić information content (AvgIpc) is 2.68. The van der Waals surface area contributed by atoms with Crippen LogP contribution in [0.25, 0.3) is 0 Å². The van der Waals surface area contributed by atoms with Gasteiger partial charge < -0.3 is 4.90 Å². The van der Waals surface area contributed by atoms with Gasteiger partial charge in [0.25, 0.3) is 0 Å². The predicted molar refractivity (Wildman–Crippen MR) is 55.5 cm³/mol. The molecule has 1 aromatic carbocycles. The molecule has 0 aromatic heterocycles. The second-order valence-corrected chi connectivity index (χ2v) is 4.30.